The van der Waals surface area contributed by atoms with Gasteiger partial charge in [0.1, 0.15) is 0 Å². The van der Waals surface area contributed by atoms with Crippen molar-refractivity contribution in [3.63, 3.8) is 0 Å². The van der Waals surface area contributed by atoms with Crippen molar-refractivity contribution in [3.8, 4) is 0 Å². The molecule has 1 saturated heterocycles. The lowest BCUT2D eigenvalue weighted by atomic mass is 9.94. The summed E-state index contributed by atoms with van der Waals surface area (Å²) in [5.41, 5.74) is -0.393. The Morgan fingerprint density at radius 3 is 2.53 bits per heavy atom. The molecule has 1 amide bonds. The number of hydrogen-bond acceptors (Lipinski definition) is 3. The zero-order chi connectivity index (χ0) is 11.6. The Morgan fingerprint density at radius 1 is 1.53 bits per heavy atom. The van der Waals surface area contributed by atoms with Crippen LogP contribution in [0.25, 0.3) is 0 Å². The Balaban J connectivity index is 2.72. The molecule has 4 heteroatoms. The minimum absolute atomic E-state index is 0.0156. The van der Waals surface area contributed by atoms with Gasteiger partial charge in [0, 0.05) is 19.1 Å². The van der Waals surface area contributed by atoms with E-state index in [1.165, 1.54) is 0 Å². The maximum atomic E-state index is 12.1. The molecule has 0 aromatic carbocycles. The van der Waals surface area contributed by atoms with Crippen LogP contribution >= 0.6 is 0 Å². The fraction of sp³-hybridized carbons (Fsp3) is 0.909. The van der Waals surface area contributed by atoms with Gasteiger partial charge in [-0.05, 0) is 6.42 Å². The lowest BCUT2D eigenvalue weighted by Crippen LogP contribution is -2.44. The first kappa shape index (κ1) is 12.5. The van der Waals surface area contributed by atoms with Crippen LogP contribution < -0.4 is 0 Å². The normalized spacial score (nSPS) is 27.1. The first-order valence-corrected chi connectivity index (χ1v) is 5.35. The third kappa shape index (κ3) is 2.69. The summed E-state index contributed by atoms with van der Waals surface area (Å²) in [7, 11) is 1.64. The molecular formula is C11H21NO3. The summed E-state index contributed by atoms with van der Waals surface area (Å²) in [5.74, 6) is 0.0844. The van der Waals surface area contributed by atoms with Crippen LogP contribution in [0.2, 0.25) is 0 Å². The van der Waals surface area contributed by atoms with Gasteiger partial charge >= 0.3 is 0 Å². The predicted octanol–water partition coefficient (Wildman–Crippen LogP) is 0.641. The Kier molecular flexibility index (Phi) is 3.73. The molecule has 0 radical (unpaired) electrons. The number of rotatable bonds is 2. The van der Waals surface area contributed by atoms with Gasteiger partial charge in [0.05, 0.1) is 18.8 Å². The van der Waals surface area contributed by atoms with Gasteiger partial charge in [0.2, 0.25) is 5.91 Å². The Bertz CT molecular complexity index is 234. The van der Waals surface area contributed by atoms with Crippen molar-refractivity contribution in [3.05, 3.63) is 0 Å². The van der Waals surface area contributed by atoms with E-state index in [0.717, 1.165) is 6.42 Å². The van der Waals surface area contributed by atoms with E-state index in [-0.39, 0.29) is 24.7 Å². The molecule has 1 rings (SSSR count). The Labute approximate surface area is 91.2 Å². The highest BCUT2D eigenvalue weighted by Crippen LogP contribution is 2.26. The van der Waals surface area contributed by atoms with Crippen molar-refractivity contribution in [2.45, 2.75) is 39.3 Å². The van der Waals surface area contributed by atoms with E-state index in [0.29, 0.717) is 6.54 Å². The third-order valence-electron chi connectivity index (χ3n) is 2.82. The number of amides is 1. The number of methoxy groups -OCH3 is 1. The highest BCUT2D eigenvalue weighted by atomic mass is 16.5. The molecule has 15 heavy (non-hydrogen) atoms. The maximum Gasteiger partial charge on any atom is 0.228 e. The molecular weight excluding hydrogens is 194 g/mol. The van der Waals surface area contributed by atoms with E-state index in [1.54, 1.807) is 12.0 Å². The molecule has 0 saturated carbocycles. The first-order chi connectivity index (χ1) is 6.90. The molecule has 2 atom stereocenters. The number of hydrogen-bond donors (Lipinski definition) is 1. The van der Waals surface area contributed by atoms with Gasteiger partial charge in [-0.1, -0.05) is 20.8 Å². The van der Waals surface area contributed by atoms with Crippen molar-refractivity contribution in [1.29, 1.82) is 0 Å². The summed E-state index contributed by atoms with van der Waals surface area (Å²) in [6, 6.07) is -0.0818. The predicted molar refractivity (Wildman–Crippen MR) is 57.5 cm³/mol. The van der Waals surface area contributed by atoms with Crippen LogP contribution in [0.5, 0.6) is 0 Å². The topological polar surface area (TPSA) is 49.8 Å². The number of likely N-dealkylation sites (tertiary alicyclic amines) is 1. The molecule has 0 aliphatic carbocycles. The average molecular weight is 215 g/mol. The average Bonchev–Trinajstić information content (AvgIpc) is 2.57. The van der Waals surface area contributed by atoms with Gasteiger partial charge in [-0.2, -0.15) is 0 Å². The highest BCUT2D eigenvalue weighted by Gasteiger charge is 2.38. The van der Waals surface area contributed by atoms with E-state index < -0.39 is 5.41 Å². The molecule has 0 aromatic heterocycles. The molecule has 1 fully saturated rings. The lowest BCUT2D eigenvalue weighted by molar-refractivity contribution is -0.141. The Morgan fingerprint density at radius 2 is 2.13 bits per heavy atom. The standard InChI is InChI=1S/C11H21NO3/c1-11(2,3)10(14)12-6-9(15-4)5-8(12)7-13/h8-9,13H,5-7H2,1-4H3/t8-,9+/m0/s1. The molecule has 0 aromatic rings. The molecule has 0 unspecified atom stereocenters. The third-order valence-corrected chi connectivity index (χ3v) is 2.82. The van der Waals surface area contributed by atoms with E-state index in [1.807, 2.05) is 20.8 Å². The van der Waals surface area contributed by atoms with Crippen molar-refractivity contribution in [2.75, 3.05) is 20.3 Å². The zero-order valence-corrected chi connectivity index (χ0v) is 9.99. The summed E-state index contributed by atoms with van der Waals surface area (Å²) < 4.78 is 5.23. The van der Waals surface area contributed by atoms with E-state index in [4.69, 9.17) is 4.74 Å². The van der Waals surface area contributed by atoms with Crippen LogP contribution in [0.1, 0.15) is 27.2 Å². The van der Waals surface area contributed by atoms with Gasteiger partial charge in [-0.15, -0.1) is 0 Å². The van der Waals surface area contributed by atoms with Crippen LogP contribution in [0.4, 0.5) is 0 Å². The van der Waals surface area contributed by atoms with Crippen molar-refractivity contribution in [2.24, 2.45) is 5.41 Å². The molecule has 1 heterocycles. The van der Waals surface area contributed by atoms with E-state index >= 15 is 0 Å². The van der Waals surface area contributed by atoms with Gasteiger partial charge < -0.3 is 14.7 Å². The fourth-order valence-electron chi connectivity index (χ4n) is 1.90. The zero-order valence-electron chi connectivity index (χ0n) is 9.99. The molecule has 88 valence electrons. The fourth-order valence-corrected chi connectivity index (χ4v) is 1.90. The SMILES string of the molecule is CO[C@@H]1C[C@@H](CO)N(C(=O)C(C)(C)C)C1. The number of aliphatic hydroxyl groups is 1. The van der Waals surface area contributed by atoms with Crippen LogP contribution in [-0.4, -0.2) is 48.3 Å². The summed E-state index contributed by atoms with van der Waals surface area (Å²) in [5, 5.41) is 9.21. The first-order valence-electron chi connectivity index (χ1n) is 5.35. The minimum Gasteiger partial charge on any atom is -0.394 e. The number of nitrogens with zero attached hydrogens (tertiary/aromatic N) is 1. The van der Waals surface area contributed by atoms with Crippen LogP contribution in [-0.2, 0) is 9.53 Å². The molecule has 1 N–H and O–H groups in total. The summed E-state index contributed by atoms with van der Waals surface area (Å²) >= 11 is 0. The van der Waals surface area contributed by atoms with Gasteiger partial charge in [-0.3, -0.25) is 4.79 Å². The van der Waals surface area contributed by atoms with Crippen LogP contribution in [0.3, 0.4) is 0 Å². The van der Waals surface area contributed by atoms with Gasteiger partial charge in [-0.25, -0.2) is 0 Å². The number of carbonyl (C=O) groups is 1. The molecule has 1 aliphatic rings. The second kappa shape index (κ2) is 4.49. The number of ether oxygens (including phenoxy) is 1. The molecule has 0 spiro atoms. The highest BCUT2D eigenvalue weighted by molar-refractivity contribution is 5.82. The van der Waals surface area contributed by atoms with Gasteiger partial charge in [0.15, 0.2) is 0 Å². The maximum absolute atomic E-state index is 12.1. The van der Waals surface area contributed by atoms with Crippen molar-refractivity contribution in [1.82, 2.24) is 4.90 Å². The quantitative estimate of drug-likeness (QED) is 0.735. The molecule has 4 nitrogen and oxygen atoms in total. The summed E-state index contributed by atoms with van der Waals surface area (Å²) in [4.78, 5) is 13.8. The molecule has 0 bridgehead atoms. The largest absolute Gasteiger partial charge is 0.394 e. The number of aliphatic hydroxyl groups excluding tert-OH is 1. The lowest BCUT2D eigenvalue weighted by Gasteiger charge is -2.29. The van der Waals surface area contributed by atoms with E-state index in [2.05, 4.69) is 0 Å². The van der Waals surface area contributed by atoms with Gasteiger partial charge in [0.25, 0.3) is 0 Å². The second-order valence-corrected chi connectivity index (χ2v) is 5.14. The summed E-state index contributed by atoms with van der Waals surface area (Å²) in [6.45, 7) is 6.29. The van der Waals surface area contributed by atoms with E-state index in [9.17, 15) is 9.90 Å². The molecule has 1 aliphatic heterocycles. The Hall–Kier alpha value is -0.610. The monoisotopic (exact) mass is 215 g/mol. The number of carbonyl (C=O) groups excluding carboxylic acids is 1. The van der Waals surface area contributed by atoms with Crippen molar-refractivity contribution < 1.29 is 14.6 Å². The van der Waals surface area contributed by atoms with Crippen molar-refractivity contribution >= 4 is 5.91 Å². The smallest absolute Gasteiger partial charge is 0.228 e. The van der Waals surface area contributed by atoms with Crippen LogP contribution in [0.15, 0.2) is 0 Å². The second-order valence-electron chi connectivity index (χ2n) is 5.14. The summed E-state index contributed by atoms with van der Waals surface area (Å²) in [6.07, 6.45) is 0.794. The minimum atomic E-state index is -0.393. The van der Waals surface area contributed by atoms with Crippen LogP contribution in [0, 0.1) is 5.41 Å².